The van der Waals surface area contributed by atoms with Crippen molar-refractivity contribution in [2.45, 2.75) is 26.8 Å². The first-order valence-corrected chi connectivity index (χ1v) is 8.84. The molecular formula is C21H22N4O2. The predicted octanol–water partition coefficient (Wildman–Crippen LogP) is 3.50. The van der Waals surface area contributed by atoms with Gasteiger partial charge >= 0.3 is 0 Å². The van der Waals surface area contributed by atoms with Crippen LogP contribution < -0.4 is 16.2 Å². The van der Waals surface area contributed by atoms with E-state index in [1.165, 1.54) is 16.2 Å². The Labute approximate surface area is 157 Å². The van der Waals surface area contributed by atoms with Crippen molar-refractivity contribution in [1.29, 1.82) is 0 Å². The minimum absolute atomic E-state index is 0.128. The van der Waals surface area contributed by atoms with Crippen LogP contribution in [-0.2, 0) is 17.8 Å². The largest absolute Gasteiger partial charge is 0.326 e. The first-order chi connectivity index (χ1) is 13.0. The van der Waals surface area contributed by atoms with Crippen LogP contribution in [0.25, 0.3) is 0 Å². The molecular weight excluding hydrogens is 340 g/mol. The molecule has 27 heavy (non-hydrogen) atoms. The Morgan fingerprint density at radius 3 is 2.52 bits per heavy atom. The molecule has 6 nitrogen and oxygen atoms in total. The lowest BCUT2D eigenvalue weighted by molar-refractivity contribution is -0.116. The van der Waals surface area contributed by atoms with Gasteiger partial charge in [-0.1, -0.05) is 37.3 Å². The van der Waals surface area contributed by atoms with Gasteiger partial charge in [-0.05, 0) is 43.2 Å². The fourth-order valence-electron chi connectivity index (χ4n) is 2.73. The minimum atomic E-state index is -0.292. The number of benzene rings is 2. The Balaban J connectivity index is 1.86. The average Bonchev–Trinajstić information content (AvgIpc) is 2.65. The first kappa shape index (κ1) is 18.4. The minimum Gasteiger partial charge on any atom is -0.326 e. The lowest BCUT2D eigenvalue weighted by atomic mass is 10.1. The first-order valence-electron chi connectivity index (χ1n) is 8.84. The SMILES string of the molecule is CCc1cccc(Nc2nc(C)cc(=O)n2CC(=O)Nc2ccccc2)c1. The molecule has 0 aliphatic heterocycles. The van der Waals surface area contributed by atoms with Crippen LogP contribution in [0.1, 0.15) is 18.2 Å². The molecule has 1 aromatic heterocycles. The maximum Gasteiger partial charge on any atom is 0.255 e. The molecule has 1 heterocycles. The highest BCUT2D eigenvalue weighted by Crippen LogP contribution is 2.16. The molecule has 0 radical (unpaired) electrons. The van der Waals surface area contributed by atoms with Gasteiger partial charge in [-0.25, -0.2) is 4.98 Å². The standard InChI is InChI=1S/C21H22N4O2/c1-3-16-8-7-11-18(13-16)24-21-22-15(2)12-20(27)25(21)14-19(26)23-17-9-5-4-6-10-17/h4-13H,3,14H2,1-2H3,(H,22,24)(H,23,26). The van der Waals surface area contributed by atoms with E-state index < -0.39 is 0 Å². The van der Waals surface area contributed by atoms with E-state index >= 15 is 0 Å². The van der Waals surface area contributed by atoms with Crippen LogP contribution in [0.3, 0.4) is 0 Å². The summed E-state index contributed by atoms with van der Waals surface area (Å²) >= 11 is 0. The second kappa shape index (κ2) is 8.31. The van der Waals surface area contributed by atoms with Gasteiger partial charge < -0.3 is 10.6 Å². The summed E-state index contributed by atoms with van der Waals surface area (Å²) in [6, 6.07) is 18.4. The molecule has 0 unspecified atom stereocenters. The van der Waals surface area contributed by atoms with Crippen LogP contribution in [0, 0.1) is 6.92 Å². The molecule has 138 valence electrons. The number of rotatable bonds is 6. The molecule has 3 aromatic rings. The van der Waals surface area contributed by atoms with E-state index in [0.717, 1.165) is 12.1 Å². The Kier molecular flexibility index (Phi) is 5.66. The van der Waals surface area contributed by atoms with Gasteiger partial charge in [0.15, 0.2) is 0 Å². The van der Waals surface area contributed by atoms with Crippen molar-refractivity contribution in [3.05, 3.63) is 82.3 Å². The lowest BCUT2D eigenvalue weighted by Crippen LogP contribution is -2.30. The van der Waals surface area contributed by atoms with Crippen molar-refractivity contribution < 1.29 is 4.79 Å². The molecule has 0 spiro atoms. The van der Waals surface area contributed by atoms with Gasteiger partial charge in [0.2, 0.25) is 11.9 Å². The van der Waals surface area contributed by atoms with Gasteiger partial charge in [0, 0.05) is 23.1 Å². The molecule has 6 heteroatoms. The van der Waals surface area contributed by atoms with Gasteiger partial charge in [-0.3, -0.25) is 14.2 Å². The number of para-hydroxylation sites is 1. The van der Waals surface area contributed by atoms with E-state index in [1.807, 2.05) is 42.5 Å². The molecule has 0 saturated carbocycles. The van der Waals surface area contributed by atoms with E-state index in [1.54, 1.807) is 19.1 Å². The number of hydrogen-bond donors (Lipinski definition) is 2. The Hall–Kier alpha value is -3.41. The molecule has 0 aliphatic carbocycles. The Morgan fingerprint density at radius 2 is 1.78 bits per heavy atom. The summed E-state index contributed by atoms with van der Waals surface area (Å²) in [6.07, 6.45) is 0.906. The van der Waals surface area contributed by atoms with Crippen LogP contribution in [-0.4, -0.2) is 15.5 Å². The number of carbonyl (C=O) groups excluding carboxylic acids is 1. The number of nitrogens with one attached hydrogen (secondary N) is 2. The van der Waals surface area contributed by atoms with Crippen molar-refractivity contribution in [2.75, 3.05) is 10.6 Å². The number of amides is 1. The second-order valence-corrected chi connectivity index (χ2v) is 6.24. The van der Waals surface area contributed by atoms with E-state index in [4.69, 9.17) is 0 Å². The topological polar surface area (TPSA) is 76.0 Å². The summed E-state index contributed by atoms with van der Waals surface area (Å²) in [5, 5.41) is 5.96. The van der Waals surface area contributed by atoms with E-state index in [-0.39, 0.29) is 18.0 Å². The van der Waals surface area contributed by atoms with Crippen molar-refractivity contribution >= 4 is 23.2 Å². The summed E-state index contributed by atoms with van der Waals surface area (Å²) in [4.78, 5) is 29.3. The van der Waals surface area contributed by atoms with E-state index in [0.29, 0.717) is 17.3 Å². The average molecular weight is 362 g/mol. The third-order valence-electron chi connectivity index (χ3n) is 4.09. The van der Waals surface area contributed by atoms with Crippen molar-refractivity contribution in [3.63, 3.8) is 0 Å². The molecule has 3 rings (SSSR count). The highest BCUT2D eigenvalue weighted by atomic mass is 16.2. The molecule has 0 fully saturated rings. The number of anilines is 3. The number of aromatic nitrogens is 2. The number of nitrogens with zero attached hydrogens (tertiary/aromatic N) is 2. The molecule has 0 aliphatic rings. The lowest BCUT2D eigenvalue weighted by Gasteiger charge is -2.14. The number of carbonyl (C=O) groups is 1. The van der Waals surface area contributed by atoms with Gasteiger partial charge in [0.25, 0.3) is 5.56 Å². The fraction of sp³-hybridized carbons (Fsp3) is 0.190. The van der Waals surface area contributed by atoms with Crippen molar-refractivity contribution in [3.8, 4) is 0 Å². The van der Waals surface area contributed by atoms with E-state index in [9.17, 15) is 9.59 Å². The molecule has 2 aromatic carbocycles. The van der Waals surface area contributed by atoms with Gasteiger partial charge in [-0.15, -0.1) is 0 Å². The normalized spacial score (nSPS) is 10.4. The molecule has 0 atom stereocenters. The Bertz CT molecular complexity index is 997. The van der Waals surface area contributed by atoms with Crippen LogP contribution in [0.5, 0.6) is 0 Å². The van der Waals surface area contributed by atoms with Crippen LogP contribution >= 0.6 is 0 Å². The smallest absolute Gasteiger partial charge is 0.255 e. The van der Waals surface area contributed by atoms with Crippen molar-refractivity contribution in [1.82, 2.24) is 9.55 Å². The summed E-state index contributed by atoms with van der Waals surface area (Å²) in [7, 11) is 0. The zero-order valence-corrected chi connectivity index (χ0v) is 15.4. The van der Waals surface area contributed by atoms with Gasteiger partial charge in [-0.2, -0.15) is 0 Å². The van der Waals surface area contributed by atoms with Crippen LogP contribution in [0.4, 0.5) is 17.3 Å². The fourth-order valence-corrected chi connectivity index (χ4v) is 2.73. The number of aryl methyl sites for hydroxylation is 2. The maximum absolute atomic E-state index is 12.5. The third-order valence-corrected chi connectivity index (χ3v) is 4.09. The van der Waals surface area contributed by atoms with Crippen LogP contribution in [0.15, 0.2) is 65.5 Å². The highest BCUT2D eigenvalue weighted by Gasteiger charge is 2.12. The summed E-state index contributed by atoms with van der Waals surface area (Å²) in [6.45, 7) is 3.70. The molecule has 0 bridgehead atoms. The molecule has 2 N–H and O–H groups in total. The Morgan fingerprint density at radius 1 is 1.04 bits per heavy atom. The quantitative estimate of drug-likeness (QED) is 0.704. The maximum atomic E-state index is 12.5. The predicted molar refractivity (Wildman–Crippen MR) is 107 cm³/mol. The highest BCUT2D eigenvalue weighted by molar-refractivity contribution is 5.90. The van der Waals surface area contributed by atoms with Crippen molar-refractivity contribution in [2.24, 2.45) is 0 Å². The third kappa shape index (κ3) is 4.82. The van der Waals surface area contributed by atoms with Gasteiger partial charge in [0.1, 0.15) is 6.54 Å². The summed E-state index contributed by atoms with van der Waals surface area (Å²) < 4.78 is 1.34. The molecule has 0 saturated heterocycles. The zero-order valence-electron chi connectivity index (χ0n) is 15.4. The van der Waals surface area contributed by atoms with Gasteiger partial charge in [0.05, 0.1) is 0 Å². The monoisotopic (exact) mass is 362 g/mol. The summed E-state index contributed by atoms with van der Waals surface area (Å²) in [5.41, 5.74) is 2.99. The second-order valence-electron chi connectivity index (χ2n) is 6.24. The summed E-state index contributed by atoms with van der Waals surface area (Å²) in [5.74, 6) is 0.0516. The van der Waals surface area contributed by atoms with Crippen LogP contribution in [0.2, 0.25) is 0 Å². The zero-order chi connectivity index (χ0) is 19.2. The number of hydrogen-bond acceptors (Lipinski definition) is 4. The molecule has 1 amide bonds. The van der Waals surface area contributed by atoms with E-state index in [2.05, 4.69) is 22.5 Å².